The molecule has 0 aliphatic rings. The molecule has 0 amide bonds. The van der Waals surface area contributed by atoms with E-state index in [1.165, 1.54) is 20.4 Å². The first-order valence-electron chi connectivity index (χ1n) is 6.64. The Morgan fingerprint density at radius 2 is 1.78 bits per heavy atom. The number of pyridine rings is 1. The van der Waals surface area contributed by atoms with Crippen molar-refractivity contribution in [1.29, 1.82) is 0 Å². The fourth-order valence-electron chi connectivity index (χ4n) is 2.02. The summed E-state index contributed by atoms with van der Waals surface area (Å²) in [5.41, 5.74) is 7.15. The van der Waals surface area contributed by atoms with E-state index in [1.54, 1.807) is 6.92 Å². The maximum absolute atomic E-state index is 14.2. The highest BCUT2D eigenvalue weighted by Gasteiger charge is 2.20. The highest BCUT2D eigenvalue weighted by Crippen LogP contribution is 2.35. The predicted octanol–water partition coefficient (Wildman–Crippen LogP) is 3.53. The molecule has 5 nitrogen and oxygen atoms in total. The summed E-state index contributed by atoms with van der Waals surface area (Å²) >= 11 is 5.87. The van der Waals surface area contributed by atoms with Crippen LogP contribution in [-0.4, -0.2) is 19.2 Å². The van der Waals surface area contributed by atoms with Gasteiger partial charge in [0.05, 0.1) is 14.2 Å². The first-order valence-corrected chi connectivity index (χ1v) is 7.01. The molecule has 0 unspecified atom stereocenters. The number of nitrogens with two attached hydrogens (primary N) is 1. The number of halogens is 3. The zero-order valence-electron chi connectivity index (χ0n) is 12.8. The third-order valence-electron chi connectivity index (χ3n) is 3.42. The Morgan fingerprint density at radius 1 is 1.22 bits per heavy atom. The lowest BCUT2D eigenvalue weighted by molar-refractivity contribution is 0.360. The Balaban J connectivity index is 2.36. The Morgan fingerprint density at radius 3 is 2.30 bits per heavy atom. The number of nitrogens with zero attached hydrogens (tertiary/aromatic N) is 1. The van der Waals surface area contributed by atoms with E-state index in [0.717, 1.165) is 6.07 Å². The van der Waals surface area contributed by atoms with Crippen LogP contribution in [0.5, 0.6) is 11.5 Å². The summed E-state index contributed by atoms with van der Waals surface area (Å²) < 4.78 is 38.2. The molecule has 0 aliphatic heterocycles. The lowest BCUT2D eigenvalue weighted by atomic mass is 10.1. The monoisotopic (exact) mass is 343 g/mol. The van der Waals surface area contributed by atoms with Gasteiger partial charge in [0.25, 0.3) is 0 Å². The average molecular weight is 344 g/mol. The molecule has 0 bridgehead atoms. The van der Waals surface area contributed by atoms with Gasteiger partial charge in [0.1, 0.15) is 10.8 Å². The van der Waals surface area contributed by atoms with Crippen LogP contribution in [-0.2, 0) is 6.54 Å². The van der Waals surface area contributed by atoms with Crippen LogP contribution in [0, 0.1) is 18.6 Å². The van der Waals surface area contributed by atoms with Crippen LogP contribution in [0.4, 0.5) is 20.2 Å². The van der Waals surface area contributed by atoms with E-state index < -0.39 is 11.6 Å². The quantitative estimate of drug-likeness (QED) is 0.813. The van der Waals surface area contributed by atoms with Crippen molar-refractivity contribution < 1.29 is 18.3 Å². The predicted molar refractivity (Wildman–Crippen MR) is 85.2 cm³/mol. The maximum Gasteiger partial charge on any atom is 0.191 e. The van der Waals surface area contributed by atoms with E-state index in [9.17, 15) is 8.78 Å². The van der Waals surface area contributed by atoms with Gasteiger partial charge in [0.15, 0.2) is 23.1 Å². The number of hydrogen-bond acceptors (Lipinski definition) is 5. The van der Waals surface area contributed by atoms with Crippen molar-refractivity contribution in [3.63, 3.8) is 0 Å². The Hall–Kier alpha value is -2.28. The van der Waals surface area contributed by atoms with Crippen molar-refractivity contribution in [3.05, 3.63) is 40.2 Å². The van der Waals surface area contributed by atoms with Crippen LogP contribution in [0.2, 0.25) is 5.15 Å². The second-order valence-electron chi connectivity index (χ2n) is 4.75. The topological polar surface area (TPSA) is 69.4 Å². The summed E-state index contributed by atoms with van der Waals surface area (Å²) in [6.45, 7) is 1.77. The molecule has 23 heavy (non-hydrogen) atoms. The molecule has 8 heteroatoms. The summed E-state index contributed by atoms with van der Waals surface area (Å²) in [7, 11) is 2.56. The van der Waals surface area contributed by atoms with Crippen LogP contribution in [0.3, 0.4) is 0 Å². The van der Waals surface area contributed by atoms with Gasteiger partial charge in [0.2, 0.25) is 0 Å². The molecule has 124 valence electrons. The molecule has 0 aliphatic carbocycles. The van der Waals surface area contributed by atoms with E-state index in [4.69, 9.17) is 26.8 Å². The maximum atomic E-state index is 14.2. The number of methoxy groups -OCH3 is 2. The van der Waals surface area contributed by atoms with Crippen molar-refractivity contribution in [2.45, 2.75) is 13.5 Å². The Labute approximate surface area is 137 Å². The second-order valence-corrected chi connectivity index (χ2v) is 5.11. The van der Waals surface area contributed by atoms with E-state index in [-0.39, 0.29) is 28.9 Å². The molecule has 0 fully saturated rings. The highest BCUT2D eigenvalue weighted by atomic mass is 35.5. The van der Waals surface area contributed by atoms with E-state index in [0.29, 0.717) is 16.8 Å². The van der Waals surface area contributed by atoms with Crippen molar-refractivity contribution in [2.24, 2.45) is 0 Å². The summed E-state index contributed by atoms with van der Waals surface area (Å²) in [6.07, 6.45) is 1.45. The average Bonchev–Trinajstić information content (AvgIpc) is 2.54. The van der Waals surface area contributed by atoms with E-state index >= 15 is 0 Å². The zero-order chi connectivity index (χ0) is 17.1. The molecule has 3 N–H and O–H groups in total. The minimum atomic E-state index is -0.858. The van der Waals surface area contributed by atoms with Crippen LogP contribution in [0.15, 0.2) is 12.3 Å². The van der Waals surface area contributed by atoms with Crippen molar-refractivity contribution in [3.8, 4) is 11.5 Å². The number of anilines is 2. The fraction of sp³-hybridized carbons (Fsp3) is 0.267. The number of nitrogen functional groups attached to an aromatic ring is 1. The lowest BCUT2D eigenvalue weighted by Crippen LogP contribution is -2.09. The van der Waals surface area contributed by atoms with Crippen molar-refractivity contribution in [1.82, 2.24) is 4.98 Å². The highest BCUT2D eigenvalue weighted by molar-refractivity contribution is 6.30. The molecule has 1 aromatic carbocycles. The molecule has 0 saturated heterocycles. The molecule has 1 aromatic heterocycles. The van der Waals surface area contributed by atoms with Crippen molar-refractivity contribution >= 4 is 23.0 Å². The van der Waals surface area contributed by atoms with E-state index in [2.05, 4.69) is 10.3 Å². The van der Waals surface area contributed by atoms with Gasteiger partial charge in [-0.15, -0.1) is 0 Å². The second kappa shape index (κ2) is 6.87. The van der Waals surface area contributed by atoms with Crippen LogP contribution >= 0.6 is 11.6 Å². The molecule has 2 aromatic rings. The number of benzene rings is 1. The lowest BCUT2D eigenvalue weighted by Gasteiger charge is -2.15. The largest absolute Gasteiger partial charge is 0.493 e. The zero-order valence-corrected chi connectivity index (χ0v) is 13.6. The summed E-state index contributed by atoms with van der Waals surface area (Å²) in [5.74, 6) is -1.99. The molecular weight excluding hydrogens is 328 g/mol. The van der Waals surface area contributed by atoms with Gasteiger partial charge >= 0.3 is 0 Å². The van der Waals surface area contributed by atoms with Crippen LogP contribution < -0.4 is 20.5 Å². The van der Waals surface area contributed by atoms with Crippen LogP contribution in [0.1, 0.15) is 11.1 Å². The SMILES string of the molecule is COc1cc(OC)c(F)c(NCc2cnc(Cl)c(C)c2N)c1F. The Kier molecular flexibility index (Phi) is 5.10. The molecule has 2 rings (SSSR count). The van der Waals surface area contributed by atoms with Gasteiger partial charge in [-0.25, -0.2) is 13.8 Å². The van der Waals surface area contributed by atoms with Crippen LogP contribution in [0.25, 0.3) is 0 Å². The number of hydrogen-bond donors (Lipinski definition) is 2. The minimum absolute atomic E-state index is 0.0566. The summed E-state index contributed by atoms with van der Waals surface area (Å²) in [5, 5.41) is 2.95. The molecule has 0 saturated carbocycles. The first-order chi connectivity index (χ1) is 10.9. The number of aromatic nitrogens is 1. The van der Waals surface area contributed by atoms with Gasteiger partial charge in [-0.1, -0.05) is 11.6 Å². The summed E-state index contributed by atoms with van der Waals surface area (Å²) in [4.78, 5) is 3.97. The molecule has 1 heterocycles. The third kappa shape index (κ3) is 3.24. The normalized spacial score (nSPS) is 10.5. The van der Waals surface area contributed by atoms with Gasteiger partial charge < -0.3 is 20.5 Å². The molecule has 0 spiro atoms. The van der Waals surface area contributed by atoms with Gasteiger partial charge in [0, 0.05) is 35.6 Å². The number of ether oxygens (including phenoxy) is 2. The third-order valence-corrected chi connectivity index (χ3v) is 3.80. The van der Waals surface area contributed by atoms with Gasteiger partial charge in [-0.05, 0) is 6.92 Å². The number of nitrogens with one attached hydrogen (secondary N) is 1. The van der Waals surface area contributed by atoms with Gasteiger partial charge in [-0.3, -0.25) is 0 Å². The molecule has 0 atom stereocenters. The minimum Gasteiger partial charge on any atom is -0.493 e. The fourth-order valence-corrected chi connectivity index (χ4v) is 2.17. The van der Waals surface area contributed by atoms with Crippen molar-refractivity contribution in [2.75, 3.05) is 25.3 Å². The van der Waals surface area contributed by atoms with Gasteiger partial charge in [-0.2, -0.15) is 0 Å². The first kappa shape index (κ1) is 17.1. The molecular formula is C15H16ClF2N3O2. The standard InChI is InChI=1S/C15H16ClF2N3O2/c1-7-13(19)8(6-21-15(7)16)5-20-14-11(17)9(22-2)4-10(23-3)12(14)18/h4,6,20H,5H2,1-3H3,(H2,19,21). The molecule has 0 radical (unpaired) electrons. The number of rotatable bonds is 5. The smallest absolute Gasteiger partial charge is 0.191 e. The summed E-state index contributed by atoms with van der Waals surface area (Å²) in [6, 6.07) is 1.14. The van der Waals surface area contributed by atoms with E-state index in [1.807, 2.05) is 0 Å². The Bertz CT molecular complexity index is 713.